The summed E-state index contributed by atoms with van der Waals surface area (Å²) in [5.74, 6) is -0.593. The van der Waals surface area contributed by atoms with Gasteiger partial charge in [-0.3, -0.25) is 4.79 Å². The fourth-order valence-corrected chi connectivity index (χ4v) is 2.29. The van der Waals surface area contributed by atoms with Crippen LogP contribution in [0, 0.1) is 5.82 Å². The standard InChI is InChI=1S/C15H12BrClFNO/c1-19(9-12-13(17)3-2-4-14(12)18)15(20)10-5-7-11(16)8-6-10/h2-8H,9H2,1H3. The number of nitrogens with zero attached hydrogens (tertiary/aromatic N) is 1. The highest BCUT2D eigenvalue weighted by Crippen LogP contribution is 2.21. The summed E-state index contributed by atoms with van der Waals surface area (Å²) in [6, 6.07) is 11.5. The Labute approximate surface area is 130 Å². The first-order valence-electron chi connectivity index (χ1n) is 5.93. The second-order valence-electron chi connectivity index (χ2n) is 4.37. The highest BCUT2D eigenvalue weighted by molar-refractivity contribution is 9.10. The van der Waals surface area contributed by atoms with Crippen LogP contribution in [0.4, 0.5) is 4.39 Å². The third-order valence-electron chi connectivity index (χ3n) is 2.89. The second kappa shape index (κ2) is 6.37. The van der Waals surface area contributed by atoms with Gasteiger partial charge in [-0.1, -0.05) is 33.6 Å². The van der Waals surface area contributed by atoms with E-state index < -0.39 is 5.82 Å². The number of rotatable bonds is 3. The molecule has 5 heteroatoms. The molecule has 0 aliphatic rings. The van der Waals surface area contributed by atoms with Crippen molar-refractivity contribution in [1.82, 2.24) is 4.90 Å². The largest absolute Gasteiger partial charge is 0.337 e. The highest BCUT2D eigenvalue weighted by Gasteiger charge is 2.15. The van der Waals surface area contributed by atoms with Gasteiger partial charge in [0.2, 0.25) is 0 Å². The van der Waals surface area contributed by atoms with Gasteiger partial charge in [0.25, 0.3) is 5.91 Å². The van der Waals surface area contributed by atoms with E-state index in [1.165, 1.54) is 17.0 Å². The molecule has 0 bridgehead atoms. The van der Waals surface area contributed by atoms with Gasteiger partial charge in [0.1, 0.15) is 5.82 Å². The first kappa shape index (κ1) is 15.0. The number of benzene rings is 2. The minimum absolute atomic E-state index is 0.125. The van der Waals surface area contributed by atoms with Crippen LogP contribution in [0.3, 0.4) is 0 Å². The summed E-state index contributed by atoms with van der Waals surface area (Å²) >= 11 is 9.27. The molecular weight excluding hydrogens is 345 g/mol. The Kier molecular flexibility index (Phi) is 4.78. The molecule has 0 saturated carbocycles. The number of carbonyl (C=O) groups excluding carboxylic acids is 1. The van der Waals surface area contributed by atoms with E-state index in [0.717, 1.165) is 4.47 Å². The Morgan fingerprint density at radius 3 is 2.50 bits per heavy atom. The molecule has 0 aliphatic carbocycles. The predicted octanol–water partition coefficient (Wildman–Crippen LogP) is 4.51. The number of carbonyl (C=O) groups is 1. The van der Waals surface area contributed by atoms with Crippen molar-refractivity contribution in [3.8, 4) is 0 Å². The van der Waals surface area contributed by atoms with Gasteiger partial charge in [0, 0.05) is 34.2 Å². The predicted molar refractivity (Wildman–Crippen MR) is 81.3 cm³/mol. The summed E-state index contributed by atoms with van der Waals surface area (Å²) in [7, 11) is 1.62. The number of halogens is 3. The number of hydrogen-bond acceptors (Lipinski definition) is 1. The van der Waals surface area contributed by atoms with Crippen molar-refractivity contribution in [3.05, 3.63) is 68.9 Å². The van der Waals surface area contributed by atoms with Crippen molar-refractivity contribution in [2.75, 3.05) is 7.05 Å². The van der Waals surface area contributed by atoms with E-state index in [0.29, 0.717) is 16.1 Å². The van der Waals surface area contributed by atoms with Gasteiger partial charge in [-0.25, -0.2) is 4.39 Å². The lowest BCUT2D eigenvalue weighted by Crippen LogP contribution is -2.26. The van der Waals surface area contributed by atoms with Crippen molar-refractivity contribution in [2.45, 2.75) is 6.54 Å². The zero-order valence-electron chi connectivity index (χ0n) is 10.7. The van der Waals surface area contributed by atoms with E-state index >= 15 is 0 Å². The Balaban J connectivity index is 2.17. The molecule has 0 fully saturated rings. The molecule has 0 atom stereocenters. The SMILES string of the molecule is CN(Cc1c(F)cccc1Cl)C(=O)c1ccc(Br)cc1. The molecule has 0 spiro atoms. The maximum atomic E-state index is 13.7. The molecular formula is C15H12BrClFNO. The molecule has 0 N–H and O–H groups in total. The van der Waals surface area contributed by atoms with E-state index in [2.05, 4.69) is 15.9 Å². The highest BCUT2D eigenvalue weighted by atomic mass is 79.9. The molecule has 1 amide bonds. The lowest BCUT2D eigenvalue weighted by molar-refractivity contribution is 0.0784. The molecule has 0 aliphatic heterocycles. The van der Waals surface area contributed by atoms with Gasteiger partial charge in [-0.05, 0) is 36.4 Å². The summed E-state index contributed by atoms with van der Waals surface area (Å²) in [5, 5.41) is 0.320. The van der Waals surface area contributed by atoms with Crippen LogP contribution in [0.5, 0.6) is 0 Å². The van der Waals surface area contributed by atoms with E-state index in [1.807, 2.05) is 0 Å². The summed E-state index contributed by atoms with van der Waals surface area (Å²) < 4.78 is 14.6. The van der Waals surface area contributed by atoms with Crippen molar-refractivity contribution in [3.63, 3.8) is 0 Å². The molecule has 2 rings (SSSR count). The first-order valence-corrected chi connectivity index (χ1v) is 7.10. The smallest absolute Gasteiger partial charge is 0.253 e. The molecule has 0 saturated heterocycles. The Hall–Kier alpha value is -1.39. The topological polar surface area (TPSA) is 20.3 Å². The third kappa shape index (κ3) is 3.38. The molecule has 2 aromatic carbocycles. The third-order valence-corrected chi connectivity index (χ3v) is 3.78. The first-order chi connectivity index (χ1) is 9.49. The molecule has 2 nitrogen and oxygen atoms in total. The van der Waals surface area contributed by atoms with Crippen LogP contribution in [-0.4, -0.2) is 17.9 Å². The lowest BCUT2D eigenvalue weighted by Gasteiger charge is -2.18. The minimum atomic E-state index is -0.409. The Bertz CT molecular complexity index is 610. The maximum Gasteiger partial charge on any atom is 0.253 e. The number of hydrogen-bond donors (Lipinski definition) is 0. The monoisotopic (exact) mass is 355 g/mol. The Morgan fingerprint density at radius 1 is 1.25 bits per heavy atom. The van der Waals surface area contributed by atoms with Gasteiger partial charge in [0.05, 0.1) is 0 Å². The molecule has 0 unspecified atom stereocenters. The maximum absolute atomic E-state index is 13.7. The van der Waals surface area contributed by atoms with Gasteiger partial charge >= 0.3 is 0 Å². The molecule has 0 heterocycles. The summed E-state index contributed by atoms with van der Waals surface area (Å²) in [6.45, 7) is 0.125. The minimum Gasteiger partial charge on any atom is -0.337 e. The van der Waals surface area contributed by atoms with Crippen molar-refractivity contribution >= 4 is 33.4 Å². The number of amides is 1. The Morgan fingerprint density at radius 2 is 1.90 bits per heavy atom. The van der Waals surface area contributed by atoms with E-state index in [-0.39, 0.29) is 12.5 Å². The van der Waals surface area contributed by atoms with Gasteiger partial charge < -0.3 is 4.90 Å². The van der Waals surface area contributed by atoms with Crippen LogP contribution in [0.2, 0.25) is 5.02 Å². The van der Waals surface area contributed by atoms with Crippen LogP contribution in [0.15, 0.2) is 46.9 Å². The average molecular weight is 357 g/mol. The average Bonchev–Trinajstić information content (AvgIpc) is 2.43. The van der Waals surface area contributed by atoms with Crippen molar-refractivity contribution in [1.29, 1.82) is 0 Å². The molecule has 20 heavy (non-hydrogen) atoms. The summed E-state index contributed by atoms with van der Waals surface area (Å²) in [5.41, 5.74) is 0.866. The molecule has 0 radical (unpaired) electrons. The van der Waals surface area contributed by atoms with Crippen LogP contribution < -0.4 is 0 Å². The van der Waals surface area contributed by atoms with Crippen molar-refractivity contribution in [2.24, 2.45) is 0 Å². The van der Waals surface area contributed by atoms with Crippen LogP contribution in [0.25, 0.3) is 0 Å². The van der Waals surface area contributed by atoms with Gasteiger partial charge in [-0.2, -0.15) is 0 Å². The van der Waals surface area contributed by atoms with E-state index in [9.17, 15) is 9.18 Å². The summed E-state index contributed by atoms with van der Waals surface area (Å²) in [6.07, 6.45) is 0. The molecule has 2 aromatic rings. The molecule has 104 valence electrons. The zero-order valence-corrected chi connectivity index (χ0v) is 13.1. The van der Waals surface area contributed by atoms with E-state index in [1.54, 1.807) is 37.4 Å². The molecule has 0 aromatic heterocycles. The van der Waals surface area contributed by atoms with Gasteiger partial charge in [-0.15, -0.1) is 0 Å². The van der Waals surface area contributed by atoms with Crippen LogP contribution in [0.1, 0.15) is 15.9 Å². The lowest BCUT2D eigenvalue weighted by atomic mass is 10.1. The van der Waals surface area contributed by atoms with Crippen molar-refractivity contribution < 1.29 is 9.18 Å². The van der Waals surface area contributed by atoms with Crippen LogP contribution in [-0.2, 0) is 6.54 Å². The quantitative estimate of drug-likeness (QED) is 0.792. The second-order valence-corrected chi connectivity index (χ2v) is 5.69. The zero-order chi connectivity index (χ0) is 14.7. The van der Waals surface area contributed by atoms with Crippen LogP contribution >= 0.6 is 27.5 Å². The fourth-order valence-electron chi connectivity index (χ4n) is 1.81. The van der Waals surface area contributed by atoms with E-state index in [4.69, 9.17) is 11.6 Å². The fraction of sp³-hybridized carbons (Fsp3) is 0.133. The van der Waals surface area contributed by atoms with Gasteiger partial charge in [0.15, 0.2) is 0 Å². The normalized spacial score (nSPS) is 10.4. The summed E-state index contributed by atoms with van der Waals surface area (Å²) in [4.78, 5) is 13.7.